The number of carbonyl (C=O) groups excluding carboxylic acids is 1. The molecule has 4 rings (SSSR count). The topological polar surface area (TPSA) is 55.1 Å². The third-order valence-electron chi connectivity index (χ3n) is 4.07. The largest absolute Gasteiger partial charge is 0.436 e. The zero-order chi connectivity index (χ0) is 18.8. The van der Waals surface area contributed by atoms with Gasteiger partial charge in [0, 0.05) is 11.3 Å². The van der Waals surface area contributed by atoms with Gasteiger partial charge >= 0.3 is 0 Å². The summed E-state index contributed by atoms with van der Waals surface area (Å²) in [6, 6.07) is 19.6. The number of para-hydroxylation sites is 2. The quantitative estimate of drug-likeness (QED) is 0.465. The van der Waals surface area contributed by atoms with Gasteiger partial charge in [0.15, 0.2) is 5.58 Å². The molecule has 1 aromatic heterocycles. The lowest BCUT2D eigenvalue weighted by Gasteiger charge is -2.08. The fourth-order valence-electron chi connectivity index (χ4n) is 2.79. The molecule has 134 valence electrons. The molecule has 0 saturated carbocycles. The average Bonchev–Trinajstić information content (AvgIpc) is 3.10. The molecule has 0 unspecified atom stereocenters. The number of anilines is 1. The molecular formula is C21H14BrFN2O2. The summed E-state index contributed by atoms with van der Waals surface area (Å²) in [5, 5.41) is 2.79. The lowest BCUT2D eigenvalue weighted by molar-refractivity contribution is -0.115. The third-order valence-corrected chi connectivity index (χ3v) is 4.68. The van der Waals surface area contributed by atoms with E-state index in [-0.39, 0.29) is 12.3 Å². The molecule has 1 amide bonds. The molecule has 4 aromatic rings. The normalized spacial score (nSPS) is 10.9. The molecule has 0 aliphatic carbocycles. The molecule has 6 heteroatoms. The SMILES string of the molecule is O=C(Cc1cccc(Br)c1F)Nc1cccc(-c2nc3ccccc3o2)c1. The third kappa shape index (κ3) is 3.75. The number of amides is 1. The number of aromatic nitrogens is 1. The number of oxazole rings is 1. The Hall–Kier alpha value is -2.99. The number of nitrogens with zero attached hydrogens (tertiary/aromatic N) is 1. The van der Waals surface area contributed by atoms with Crippen LogP contribution in [-0.4, -0.2) is 10.9 Å². The summed E-state index contributed by atoms with van der Waals surface area (Å²) in [5.41, 5.74) is 3.14. The number of fused-ring (bicyclic) bond motifs is 1. The van der Waals surface area contributed by atoms with Crippen molar-refractivity contribution in [2.45, 2.75) is 6.42 Å². The van der Waals surface area contributed by atoms with Crippen molar-refractivity contribution in [3.8, 4) is 11.5 Å². The minimum absolute atomic E-state index is 0.0572. The van der Waals surface area contributed by atoms with E-state index in [2.05, 4.69) is 26.2 Å². The van der Waals surface area contributed by atoms with Crippen molar-refractivity contribution >= 4 is 38.6 Å². The van der Waals surface area contributed by atoms with Crippen LogP contribution in [0.4, 0.5) is 10.1 Å². The second-order valence-corrected chi connectivity index (χ2v) is 6.86. The summed E-state index contributed by atoms with van der Waals surface area (Å²) < 4.78 is 20.1. The molecule has 1 heterocycles. The van der Waals surface area contributed by atoms with E-state index in [1.165, 1.54) is 0 Å². The summed E-state index contributed by atoms with van der Waals surface area (Å²) in [6.07, 6.45) is -0.0572. The van der Waals surface area contributed by atoms with Gasteiger partial charge in [-0.2, -0.15) is 0 Å². The molecule has 0 bridgehead atoms. The van der Waals surface area contributed by atoms with Crippen LogP contribution in [0.3, 0.4) is 0 Å². The smallest absolute Gasteiger partial charge is 0.228 e. The van der Waals surface area contributed by atoms with Gasteiger partial charge < -0.3 is 9.73 Å². The Balaban J connectivity index is 1.54. The summed E-state index contributed by atoms with van der Waals surface area (Å²) in [5.74, 6) is -0.250. The van der Waals surface area contributed by atoms with E-state index in [9.17, 15) is 9.18 Å². The van der Waals surface area contributed by atoms with Crippen molar-refractivity contribution in [1.82, 2.24) is 4.98 Å². The Labute approximate surface area is 163 Å². The molecule has 0 aliphatic rings. The minimum Gasteiger partial charge on any atom is -0.436 e. The van der Waals surface area contributed by atoms with E-state index in [0.29, 0.717) is 27.2 Å². The molecule has 0 radical (unpaired) electrons. The first-order valence-corrected chi connectivity index (χ1v) is 9.08. The zero-order valence-corrected chi connectivity index (χ0v) is 15.7. The van der Waals surface area contributed by atoms with E-state index in [4.69, 9.17) is 4.42 Å². The van der Waals surface area contributed by atoms with Crippen molar-refractivity contribution in [2.24, 2.45) is 0 Å². The monoisotopic (exact) mass is 424 g/mol. The van der Waals surface area contributed by atoms with Gasteiger partial charge in [0.25, 0.3) is 0 Å². The van der Waals surface area contributed by atoms with Crippen LogP contribution in [0, 0.1) is 5.82 Å². The predicted octanol–water partition coefficient (Wildman–Crippen LogP) is 5.58. The van der Waals surface area contributed by atoms with Gasteiger partial charge in [0.1, 0.15) is 11.3 Å². The lowest BCUT2D eigenvalue weighted by atomic mass is 10.1. The molecule has 0 spiro atoms. The number of benzene rings is 3. The fourth-order valence-corrected chi connectivity index (χ4v) is 3.20. The van der Waals surface area contributed by atoms with E-state index in [0.717, 1.165) is 11.1 Å². The van der Waals surface area contributed by atoms with Crippen molar-refractivity contribution < 1.29 is 13.6 Å². The van der Waals surface area contributed by atoms with Gasteiger partial charge in [-0.3, -0.25) is 4.79 Å². The standard InChI is InChI=1S/C21H14BrFN2O2/c22-16-8-4-5-13(20(16)23)12-19(26)24-15-7-3-6-14(11-15)21-25-17-9-1-2-10-18(17)27-21/h1-11H,12H2,(H,24,26). The number of nitrogens with one attached hydrogen (secondary N) is 1. The van der Waals surface area contributed by atoms with Crippen LogP contribution < -0.4 is 5.32 Å². The van der Waals surface area contributed by atoms with Gasteiger partial charge in [-0.05, 0) is 57.9 Å². The Morgan fingerprint density at radius 3 is 2.74 bits per heavy atom. The van der Waals surface area contributed by atoms with Crippen molar-refractivity contribution in [2.75, 3.05) is 5.32 Å². The Morgan fingerprint density at radius 1 is 1.07 bits per heavy atom. The number of rotatable bonds is 4. The Bertz CT molecular complexity index is 1110. The molecule has 0 fully saturated rings. The second-order valence-electron chi connectivity index (χ2n) is 6.01. The van der Waals surface area contributed by atoms with E-state index in [1.54, 1.807) is 36.4 Å². The molecule has 4 nitrogen and oxygen atoms in total. The van der Waals surface area contributed by atoms with E-state index < -0.39 is 5.82 Å². The van der Waals surface area contributed by atoms with E-state index in [1.807, 2.05) is 30.3 Å². The maximum Gasteiger partial charge on any atom is 0.228 e. The number of halogens is 2. The number of hydrogen-bond donors (Lipinski definition) is 1. The molecule has 27 heavy (non-hydrogen) atoms. The minimum atomic E-state index is -0.423. The van der Waals surface area contributed by atoms with Crippen LogP contribution in [0.2, 0.25) is 0 Å². The highest BCUT2D eigenvalue weighted by Gasteiger charge is 2.12. The highest BCUT2D eigenvalue weighted by molar-refractivity contribution is 9.10. The van der Waals surface area contributed by atoms with Crippen molar-refractivity contribution in [1.29, 1.82) is 0 Å². The highest BCUT2D eigenvalue weighted by Crippen LogP contribution is 2.26. The molecule has 0 aliphatic heterocycles. The van der Waals surface area contributed by atoms with Crippen LogP contribution in [0.15, 0.2) is 75.6 Å². The summed E-state index contributed by atoms with van der Waals surface area (Å²) >= 11 is 3.13. The van der Waals surface area contributed by atoms with Crippen LogP contribution in [-0.2, 0) is 11.2 Å². The van der Waals surface area contributed by atoms with Crippen LogP contribution >= 0.6 is 15.9 Å². The van der Waals surface area contributed by atoms with Crippen molar-refractivity contribution in [3.05, 3.63) is 82.6 Å². The van der Waals surface area contributed by atoms with Crippen LogP contribution in [0.5, 0.6) is 0 Å². The van der Waals surface area contributed by atoms with E-state index >= 15 is 0 Å². The predicted molar refractivity (Wildman–Crippen MR) is 106 cm³/mol. The summed E-state index contributed by atoms with van der Waals surface area (Å²) in [7, 11) is 0. The van der Waals surface area contributed by atoms with Gasteiger partial charge in [0.05, 0.1) is 10.9 Å². The lowest BCUT2D eigenvalue weighted by Crippen LogP contribution is -2.15. The number of carbonyl (C=O) groups is 1. The Morgan fingerprint density at radius 2 is 1.89 bits per heavy atom. The molecule has 0 saturated heterocycles. The Kier molecular flexibility index (Phi) is 4.73. The second kappa shape index (κ2) is 7.32. The molecule has 3 aromatic carbocycles. The highest BCUT2D eigenvalue weighted by atomic mass is 79.9. The summed E-state index contributed by atoms with van der Waals surface area (Å²) in [6.45, 7) is 0. The summed E-state index contributed by atoms with van der Waals surface area (Å²) in [4.78, 5) is 16.8. The maximum absolute atomic E-state index is 14.0. The first kappa shape index (κ1) is 17.4. The fraction of sp³-hybridized carbons (Fsp3) is 0.0476. The first-order chi connectivity index (χ1) is 13.1. The maximum atomic E-state index is 14.0. The van der Waals surface area contributed by atoms with Crippen LogP contribution in [0.25, 0.3) is 22.6 Å². The average molecular weight is 425 g/mol. The van der Waals surface area contributed by atoms with Gasteiger partial charge in [-0.15, -0.1) is 0 Å². The van der Waals surface area contributed by atoms with Gasteiger partial charge in [-0.25, -0.2) is 9.37 Å². The zero-order valence-electron chi connectivity index (χ0n) is 14.1. The van der Waals surface area contributed by atoms with Crippen LogP contribution in [0.1, 0.15) is 5.56 Å². The molecule has 1 N–H and O–H groups in total. The molecule has 0 atom stereocenters. The first-order valence-electron chi connectivity index (χ1n) is 8.29. The van der Waals surface area contributed by atoms with Crippen molar-refractivity contribution in [3.63, 3.8) is 0 Å². The van der Waals surface area contributed by atoms with Gasteiger partial charge in [-0.1, -0.05) is 30.3 Å². The number of hydrogen-bond acceptors (Lipinski definition) is 3. The molecular weight excluding hydrogens is 411 g/mol. The van der Waals surface area contributed by atoms with Gasteiger partial charge in [0.2, 0.25) is 11.8 Å².